The summed E-state index contributed by atoms with van der Waals surface area (Å²) < 4.78 is 29.6. The quantitative estimate of drug-likeness (QED) is 0.532. The van der Waals surface area contributed by atoms with E-state index < -0.39 is 17.7 Å². The van der Waals surface area contributed by atoms with Gasteiger partial charge in [-0.1, -0.05) is 45.0 Å². The van der Waals surface area contributed by atoms with E-state index in [1.165, 1.54) is 11.6 Å². The number of carbonyl (C=O) groups excluding carboxylic acids is 1. The van der Waals surface area contributed by atoms with Crippen molar-refractivity contribution in [2.75, 3.05) is 11.9 Å². The molecule has 31 heavy (non-hydrogen) atoms. The highest BCUT2D eigenvalue weighted by molar-refractivity contribution is 5.90. The molecule has 0 bridgehead atoms. The van der Waals surface area contributed by atoms with Gasteiger partial charge in [-0.15, -0.1) is 0 Å². The zero-order valence-electron chi connectivity index (χ0n) is 18.0. The number of carbonyl (C=O) groups is 1. The summed E-state index contributed by atoms with van der Waals surface area (Å²) in [6.07, 6.45) is 2.80. The summed E-state index contributed by atoms with van der Waals surface area (Å²) in [5, 5.41) is 2.63. The number of fused-ring (bicyclic) bond motifs is 1. The van der Waals surface area contributed by atoms with Crippen LogP contribution in [0.5, 0.6) is 0 Å². The predicted molar refractivity (Wildman–Crippen MR) is 118 cm³/mol. The minimum atomic E-state index is -0.794. The first-order valence-corrected chi connectivity index (χ1v) is 10.5. The van der Waals surface area contributed by atoms with Gasteiger partial charge in [0.2, 0.25) is 0 Å². The third-order valence-electron chi connectivity index (χ3n) is 5.78. The number of aryl methyl sites for hydroxylation is 1. The molecule has 1 atom stereocenters. The van der Waals surface area contributed by atoms with E-state index in [4.69, 9.17) is 0 Å². The zero-order valence-corrected chi connectivity index (χ0v) is 18.0. The predicted octanol–water partition coefficient (Wildman–Crippen LogP) is 6.09. The van der Waals surface area contributed by atoms with Gasteiger partial charge < -0.3 is 14.8 Å². The number of amides is 2. The maximum Gasteiger partial charge on any atom is 0.322 e. The molecule has 0 saturated heterocycles. The Kier molecular flexibility index (Phi) is 5.56. The normalized spacial score (nSPS) is 16.5. The minimum absolute atomic E-state index is 0.0272. The maximum atomic E-state index is 14.1. The number of anilines is 1. The van der Waals surface area contributed by atoms with Crippen molar-refractivity contribution in [1.82, 2.24) is 9.47 Å². The summed E-state index contributed by atoms with van der Waals surface area (Å²) in [5.74, 6) is -1.47. The number of nitrogens with one attached hydrogen (secondary N) is 1. The number of hydrogen-bond acceptors (Lipinski definition) is 1. The number of aromatic nitrogens is 1. The van der Waals surface area contributed by atoms with E-state index in [9.17, 15) is 13.6 Å². The van der Waals surface area contributed by atoms with E-state index in [1.54, 1.807) is 4.90 Å². The molecule has 2 amide bonds. The molecule has 0 spiro atoms. The van der Waals surface area contributed by atoms with Gasteiger partial charge in [-0.25, -0.2) is 13.6 Å². The Balaban J connectivity index is 1.70. The fourth-order valence-electron chi connectivity index (χ4n) is 4.09. The first kappa shape index (κ1) is 21.1. The van der Waals surface area contributed by atoms with Crippen LogP contribution in [-0.4, -0.2) is 22.0 Å². The molecular formula is C25H27F2N3O. The molecule has 1 N–H and O–H groups in total. The molecule has 0 saturated carbocycles. The van der Waals surface area contributed by atoms with Gasteiger partial charge in [0.15, 0.2) is 0 Å². The number of halogens is 2. The third kappa shape index (κ3) is 4.33. The lowest BCUT2D eigenvalue weighted by molar-refractivity contribution is 0.199. The maximum absolute atomic E-state index is 14.1. The fraction of sp³-hybridized carbons (Fsp3) is 0.320. The average molecular weight is 424 g/mol. The van der Waals surface area contributed by atoms with Gasteiger partial charge in [-0.05, 0) is 47.2 Å². The van der Waals surface area contributed by atoms with E-state index in [-0.39, 0.29) is 17.1 Å². The highest BCUT2D eigenvalue weighted by Gasteiger charge is 2.31. The highest BCUT2D eigenvalue weighted by Crippen LogP contribution is 2.34. The SMILES string of the molecule is CC(C)(C)c1ccc(C2c3cccn3CCCN2C(=O)Nc2ccc(F)cc2F)cc1. The Labute approximate surface area is 181 Å². The van der Waals surface area contributed by atoms with Gasteiger partial charge in [-0.2, -0.15) is 0 Å². The Bertz CT molecular complexity index is 1080. The molecular weight excluding hydrogens is 396 g/mol. The zero-order chi connectivity index (χ0) is 22.2. The van der Waals surface area contributed by atoms with Gasteiger partial charge in [0, 0.05) is 31.0 Å². The van der Waals surface area contributed by atoms with Crippen molar-refractivity contribution in [1.29, 1.82) is 0 Å². The van der Waals surface area contributed by atoms with E-state index in [2.05, 4.69) is 54.9 Å². The highest BCUT2D eigenvalue weighted by atomic mass is 19.1. The molecule has 162 valence electrons. The van der Waals surface area contributed by atoms with Crippen molar-refractivity contribution in [2.45, 2.75) is 45.2 Å². The van der Waals surface area contributed by atoms with Crippen LogP contribution in [0.15, 0.2) is 60.8 Å². The standard InChI is InChI=1S/C25H27F2N3O/c1-25(2,3)18-9-7-17(8-10-18)23-22-6-4-13-29(22)14-5-15-30(23)24(31)28-21-12-11-19(26)16-20(21)27/h4,6-13,16,23H,5,14-15H2,1-3H3,(H,28,31). The van der Waals surface area contributed by atoms with Crippen LogP contribution in [0.1, 0.15) is 50.1 Å². The van der Waals surface area contributed by atoms with Crippen molar-refractivity contribution in [3.05, 3.63) is 89.2 Å². The number of benzene rings is 2. The largest absolute Gasteiger partial charge is 0.349 e. The molecule has 6 heteroatoms. The second-order valence-electron chi connectivity index (χ2n) is 9.00. The summed E-state index contributed by atoms with van der Waals surface area (Å²) in [5.41, 5.74) is 3.21. The summed E-state index contributed by atoms with van der Waals surface area (Å²) >= 11 is 0. The molecule has 4 nitrogen and oxygen atoms in total. The van der Waals surface area contributed by atoms with Crippen molar-refractivity contribution < 1.29 is 13.6 Å². The smallest absolute Gasteiger partial charge is 0.322 e. The van der Waals surface area contributed by atoms with Crippen LogP contribution in [0.3, 0.4) is 0 Å². The Hall–Kier alpha value is -3.15. The van der Waals surface area contributed by atoms with Crippen LogP contribution in [0.4, 0.5) is 19.3 Å². The summed E-state index contributed by atoms with van der Waals surface area (Å²) in [4.78, 5) is 15.0. The molecule has 0 fully saturated rings. The monoisotopic (exact) mass is 423 g/mol. The van der Waals surface area contributed by atoms with Crippen LogP contribution in [0.25, 0.3) is 0 Å². The molecule has 1 aliphatic rings. The van der Waals surface area contributed by atoms with Crippen molar-refractivity contribution in [3.63, 3.8) is 0 Å². The fourth-order valence-corrected chi connectivity index (χ4v) is 4.09. The van der Waals surface area contributed by atoms with E-state index in [0.29, 0.717) is 6.54 Å². The number of rotatable bonds is 2. The van der Waals surface area contributed by atoms with Gasteiger partial charge in [0.25, 0.3) is 0 Å². The second-order valence-corrected chi connectivity index (χ2v) is 9.00. The van der Waals surface area contributed by atoms with Gasteiger partial charge in [0.05, 0.1) is 11.7 Å². The number of nitrogens with zero attached hydrogens (tertiary/aromatic N) is 2. The molecule has 2 heterocycles. The summed E-state index contributed by atoms with van der Waals surface area (Å²) in [6.45, 7) is 7.80. The second kappa shape index (κ2) is 8.17. The van der Waals surface area contributed by atoms with Crippen LogP contribution in [0, 0.1) is 11.6 Å². The van der Waals surface area contributed by atoms with Crippen LogP contribution in [-0.2, 0) is 12.0 Å². The molecule has 0 radical (unpaired) electrons. The van der Waals surface area contributed by atoms with Crippen LogP contribution in [0.2, 0.25) is 0 Å². The average Bonchev–Trinajstić information content (AvgIpc) is 3.09. The first-order chi connectivity index (χ1) is 14.7. The molecule has 1 unspecified atom stereocenters. The molecule has 2 aromatic carbocycles. The van der Waals surface area contributed by atoms with Crippen molar-refractivity contribution in [2.24, 2.45) is 0 Å². The molecule has 1 aromatic heterocycles. The topological polar surface area (TPSA) is 37.3 Å². The Morgan fingerprint density at radius 3 is 2.45 bits per heavy atom. The Morgan fingerprint density at radius 1 is 1.03 bits per heavy atom. The Morgan fingerprint density at radius 2 is 1.77 bits per heavy atom. The molecule has 0 aliphatic carbocycles. The van der Waals surface area contributed by atoms with E-state index in [1.807, 2.05) is 18.3 Å². The molecule has 4 rings (SSSR count). The van der Waals surface area contributed by atoms with E-state index >= 15 is 0 Å². The molecule has 1 aliphatic heterocycles. The molecule has 3 aromatic rings. The van der Waals surface area contributed by atoms with E-state index in [0.717, 1.165) is 36.4 Å². The number of hydrogen-bond donors (Lipinski definition) is 1. The minimum Gasteiger partial charge on any atom is -0.349 e. The summed E-state index contributed by atoms with van der Waals surface area (Å²) in [7, 11) is 0. The first-order valence-electron chi connectivity index (χ1n) is 10.5. The van der Waals surface area contributed by atoms with Crippen LogP contribution < -0.4 is 5.32 Å². The number of urea groups is 1. The van der Waals surface area contributed by atoms with Gasteiger partial charge >= 0.3 is 6.03 Å². The van der Waals surface area contributed by atoms with Gasteiger partial charge in [-0.3, -0.25) is 0 Å². The lowest BCUT2D eigenvalue weighted by atomic mass is 9.86. The summed E-state index contributed by atoms with van der Waals surface area (Å²) in [6, 6.07) is 14.8. The van der Waals surface area contributed by atoms with Crippen molar-refractivity contribution >= 4 is 11.7 Å². The third-order valence-corrected chi connectivity index (χ3v) is 5.78. The lowest BCUT2D eigenvalue weighted by Gasteiger charge is -2.31. The lowest BCUT2D eigenvalue weighted by Crippen LogP contribution is -2.39. The van der Waals surface area contributed by atoms with Crippen LogP contribution >= 0.6 is 0 Å². The van der Waals surface area contributed by atoms with Gasteiger partial charge in [0.1, 0.15) is 11.6 Å². The van der Waals surface area contributed by atoms with Crippen molar-refractivity contribution in [3.8, 4) is 0 Å².